The van der Waals surface area contributed by atoms with Gasteiger partial charge in [-0.3, -0.25) is 4.98 Å². The van der Waals surface area contributed by atoms with Crippen LogP contribution in [0.5, 0.6) is 11.5 Å². The van der Waals surface area contributed by atoms with Gasteiger partial charge in [0.25, 0.3) is 0 Å². The number of aryl methyl sites for hydroxylation is 1. The van der Waals surface area contributed by atoms with Crippen molar-refractivity contribution in [2.75, 3.05) is 0 Å². The number of para-hydroxylation sites is 1. The smallest absolute Gasteiger partial charge is 0.145 e. The summed E-state index contributed by atoms with van der Waals surface area (Å²) in [5.74, 6) is 1.36. The number of benzene rings is 1. The first-order valence-electron chi connectivity index (χ1n) is 6.08. The first-order chi connectivity index (χ1) is 8.70. The van der Waals surface area contributed by atoms with E-state index >= 15 is 0 Å². The van der Waals surface area contributed by atoms with Crippen molar-refractivity contribution in [3.8, 4) is 11.5 Å². The second-order valence-corrected chi connectivity index (χ2v) is 4.20. The van der Waals surface area contributed by atoms with Gasteiger partial charge in [0, 0.05) is 11.3 Å². The molecule has 0 bridgehead atoms. The zero-order valence-electron chi connectivity index (χ0n) is 10.6. The van der Waals surface area contributed by atoms with E-state index in [1.165, 1.54) is 0 Å². The number of hydrogen-bond acceptors (Lipinski definition) is 3. The minimum Gasteiger partial charge on any atom is -0.455 e. The Labute approximate surface area is 107 Å². The minimum absolute atomic E-state index is 0.500. The molecule has 0 amide bonds. The van der Waals surface area contributed by atoms with Crippen molar-refractivity contribution in [1.29, 1.82) is 0 Å². The Bertz CT molecular complexity index is 508. The average Bonchev–Trinajstić information content (AvgIpc) is 2.41. The Hall–Kier alpha value is -1.87. The number of ether oxygens (including phenoxy) is 1. The van der Waals surface area contributed by atoms with Crippen molar-refractivity contribution in [3.05, 3.63) is 53.9 Å². The molecule has 0 radical (unpaired) electrons. The maximum absolute atomic E-state index is 9.94. The van der Waals surface area contributed by atoms with Gasteiger partial charge >= 0.3 is 0 Å². The van der Waals surface area contributed by atoms with Gasteiger partial charge in [0.1, 0.15) is 11.5 Å². The number of hydrogen-bond donors (Lipinski definition) is 1. The molecule has 0 saturated carbocycles. The predicted octanol–water partition coefficient (Wildman–Crippen LogP) is 3.63. The average molecular weight is 243 g/mol. The third kappa shape index (κ3) is 2.87. The maximum atomic E-state index is 9.94. The molecule has 18 heavy (non-hydrogen) atoms. The van der Waals surface area contributed by atoms with Crippen molar-refractivity contribution in [2.45, 2.75) is 26.4 Å². The van der Waals surface area contributed by atoms with Crippen LogP contribution in [-0.2, 0) is 0 Å². The van der Waals surface area contributed by atoms with Gasteiger partial charge < -0.3 is 9.84 Å². The lowest BCUT2D eigenvalue weighted by Crippen LogP contribution is -1.98. The predicted molar refractivity (Wildman–Crippen MR) is 70.7 cm³/mol. The summed E-state index contributed by atoms with van der Waals surface area (Å²) in [6.07, 6.45) is 1.84. The molecule has 0 aliphatic heterocycles. The molecular formula is C15H17NO2. The Balaban J connectivity index is 2.26. The summed E-state index contributed by atoms with van der Waals surface area (Å²) in [5, 5.41) is 9.94. The third-order valence-corrected chi connectivity index (χ3v) is 2.78. The van der Waals surface area contributed by atoms with E-state index in [2.05, 4.69) is 4.98 Å². The molecule has 94 valence electrons. The summed E-state index contributed by atoms with van der Waals surface area (Å²) >= 11 is 0. The van der Waals surface area contributed by atoms with Gasteiger partial charge in [-0.05, 0) is 31.5 Å². The summed E-state index contributed by atoms with van der Waals surface area (Å²) in [6, 6.07) is 11.3. The Morgan fingerprint density at radius 1 is 1.22 bits per heavy atom. The lowest BCUT2D eigenvalue weighted by atomic mass is 10.1. The van der Waals surface area contributed by atoms with Crippen LogP contribution in [0.15, 0.2) is 42.6 Å². The topological polar surface area (TPSA) is 42.4 Å². The molecule has 2 aromatic rings. The van der Waals surface area contributed by atoms with Crippen molar-refractivity contribution in [3.63, 3.8) is 0 Å². The van der Waals surface area contributed by atoms with E-state index in [-0.39, 0.29) is 0 Å². The van der Waals surface area contributed by atoms with Crippen LogP contribution in [0.3, 0.4) is 0 Å². The molecule has 1 heterocycles. The van der Waals surface area contributed by atoms with E-state index < -0.39 is 6.10 Å². The summed E-state index contributed by atoms with van der Waals surface area (Å²) in [6.45, 7) is 3.87. The molecular weight excluding hydrogens is 226 g/mol. The van der Waals surface area contributed by atoms with Crippen LogP contribution >= 0.6 is 0 Å². The number of aliphatic hydroxyl groups excluding tert-OH is 1. The summed E-state index contributed by atoms with van der Waals surface area (Å²) in [4.78, 5) is 4.18. The van der Waals surface area contributed by atoms with Crippen molar-refractivity contribution >= 4 is 0 Å². The van der Waals surface area contributed by atoms with Crippen LogP contribution < -0.4 is 4.74 Å². The van der Waals surface area contributed by atoms with Crippen LogP contribution in [0.1, 0.15) is 30.7 Å². The molecule has 0 aliphatic rings. The van der Waals surface area contributed by atoms with E-state index in [9.17, 15) is 5.11 Å². The highest BCUT2D eigenvalue weighted by atomic mass is 16.5. The highest BCUT2D eigenvalue weighted by Gasteiger charge is 2.11. The fraction of sp³-hybridized carbons (Fsp3) is 0.267. The second kappa shape index (κ2) is 5.65. The van der Waals surface area contributed by atoms with E-state index in [0.717, 1.165) is 11.3 Å². The maximum Gasteiger partial charge on any atom is 0.145 e. The minimum atomic E-state index is -0.500. The summed E-state index contributed by atoms with van der Waals surface area (Å²) in [5.41, 5.74) is 1.75. The normalized spacial score (nSPS) is 12.2. The highest BCUT2D eigenvalue weighted by molar-refractivity contribution is 5.38. The third-order valence-electron chi connectivity index (χ3n) is 2.78. The highest BCUT2D eigenvalue weighted by Crippen LogP contribution is 2.30. The SMILES string of the molecule is CC[C@@H](O)c1ccccc1Oc1ccc(C)nc1. The largest absolute Gasteiger partial charge is 0.455 e. The summed E-state index contributed by atoms with van der Waals surface area (Å²) < 4.78 is 5.76. The van der Waals surface area contributed by atoms with Crippen LogP contribution in [-0.4, -0.2) is 10.1 Å². The monoisotopic (exact) mass is 243 g/mol. The van der Waals surface area contributed by atoms with E-state index in [1.807, 2.05) is 50.2 Å². The van der Waals surface area contributed by atoms with Crippen LogP contribution in [0.2, 0.25) is 0 Å². The molecule has 0 unspecified atom stereocenters. The molecule has 3 nitrogen and oxygen atoms in total. The van der Waals surface area contributed by atoms with Gasteiger partial charge in [0.05, 0.1) is 12.3 Å². The zero-order valence-corrected chi connectivity index (χ0v) is 10.6. The number of rotatable bonds is 4. The first-order valence-corrected chi connectivity index (χ1v) is 6.08. The molecule has 0 saturated heterocycles. The van der Waals surface area contributed by atoms with Gasteiger partial charge in [-0.25, -0.2) is 0 Å². The van der Waals surface area contributed by atoms with Crippen LogP contribution in [0.4, 0.5) is 0 Å². The molecule has 0 aliphatic carbocycles. The molecule has 1 aromatic heterocycles. The second-order valence-electron chi connectivity index (χ2n) is 4.20. The number of aromatic nitrogens is 1. The first kappa shape index (κ1) is 12.6. The number of pyridine rings is 1. The molecule has 0 fully saturated rings. The fourth-order valence-electron chi connectivity index (χ4n) is 1.71. The lowest BCUT2D eigenvalue weighted by molar-refractivity contribution is 0.170. The zero-order chi connectivity index (χ0) is 13.0. The molecule has 0 spiro atoms. The number of aliphatic hydroxyl groups is 1. The molecule has 3 heteroatoms. The fourth-order valence-corrected chi connectivity index (χ4v) is 1.71. The van der Waals surface area contributed by atoms with Crippen molar-refractivity contribution in [2.24, 2.45) is 0 Å². The van der Waals surface area contributed by atoms with E-state index in [1.54, 1.807) is 6.20 Å². The van der Waals surface area contributed by atoms with Crippen molar-refractivity contribution < 1.29 is 9.84 Å². The van der Waals surface area contributed by atoms with Crippen LogP contribution in [0.25, 0.3) is 0 Å². The molecule has 1 N–H and O–H groups in total. The van der Waals surface area contributed by atoms with Crippen molar-refractivity contribution in [1.82, 2.24) is 4.98 Å². The van der Waals surface area contributed by atoms with Crippen LogP contribution in [0, 0.1) is 6.92 Å². The summed E-state index contributed by atoms with van der Waals surface area (Å²) in [7, 11) is 0. The lowest BCUT2D eigenvalue weighted by Gasteiger charge is -2.14. The molecule has 1 aromatic carbocycles. The standard InChI is InChI=1S/C15H17NO2/c1-3-14(17)13-6-4-5-7-15(13)18-12-9-8-11(2)16-10-12/h4-10,14,17H,3H2,1-2H3/t14-/m1/s1. The van der Waals surface area contributed by atoms with E-state index in [4.69, 9.17) is 4.74 Å². The van der Waals surface area contributed by atoms with E-state index in [0.29, 0.717) is 17.9 Å². The van der Waals surface area contributed by atoms with Gasteiger partial charge in [0.2, 0.25) is 0 Å². The van der Waals surface area contributed by atoms with Gasteiger partial charge in [0.15, 0.2) is 0 Å². The van der Waals surface area contributed by atoms with Gasteiger partial charge in [-0.15, -0.1) is 0 Å². The Kier molecular flexibility index (Phi) is 3.95. The number of nitrogens with zero attached hydrogens (tertiary/aromatic N) is 1. The Morgan fingerprint density at radius 3 is 2.67 bits per heavy atom. The van der Waals surface area contributed by atoms with Gasteiger partial charge in [-0.2, -0.15) is 0 Å². The molecule has 2 rings (SSSR count). The van der Waals surface area contributed by atoms with Gasteiger partial charge in [-0.1, -0.05) is 25.1 Å². The molecule has 1 atom stereocenters. The Morgan fingerprint density at radius 2 is 2.00 bits per heavy atom. The quantitative estimate of drug-likeness (QED) is 0.891.